The van der Waals surface area contributed by atoms with Crippen LogP contribution in [-0.2, 0) is 4.79 Å². The Bertz CT molecular complexity index is 642. The molecule has 2 aromatic carbocycles. The van der Waals surface area contributed by atoms with Gasteiger partial charge in [0, 0.05) is 17.7 Å². The van der Waals surface area contributed by atoms with Gasteiger partial charge in [-0.2, -0.15) is 0 Å². The smallest absolute Gasteiger partial charge is 0.228 e. The van der Waals surface area contributed by atoms with Crippen molar-refractivity contribution in [1.29, 1.82) is 0 Å². The van der Waals surface area contributed by atoms with E-state index >= 15 is 0 Å². The number of hydrogen-bond donors (Lipinski definition) is 1. The maximum absolute atomic E-state index is 13.1. The summed E-state index contributed by atoms with van der Waals surface area (Å²) in [6.45, 7) is 0. The molecule has 1 N–H and O–H groups in total. The zero-order valence-corrected chi connectivity index (χ0v) is 10.6. The minimum atomic E-state index is -0.960. The first-order valence-corrected chi connectivity index (χ1v) is 6.46. The normalized spacial score (nSPS) is 20.5. The third kappa shape index (κ3) is 2.54. The molecule has 1 saturated carbocycles. The fraction of sp³-hybridized carbons (Fsp3) is 0.188. The fourth-order valence-corrected chi connectivity index (χ4v) is 2.36. The topological polar surface area (TPSA) is 29.1 Å². The van der Waals surface area contributed by atoms with Crippen molar-refractivity contribution >= 4 is 11.6 Å². The lowest BCUT2D eigenvalue weighted by atomic mass is 10.1. The summed E-state index contributed by atoms with van der Waals surface area (Å²) >= 11 is 0. The molecule has 2 nitrogen and oxygen atoms in total. The van der Waals surface area contributed by atoms with Gasteiger partial charge in [0.1, 0.15) is 0 Å². The lowest BCUT2D eigenvalue weighted by Gasteiger charge is -2.05. The lowest BCUT2D eigenvalue weighted by Crippen LogP contribution is -2.14. The van der Waals surface area contributed by atoms with Crippen molar-refractivity contribution in [2.24, 2.45) is 5.92 Å². The standard InChI is InChI=1S/C16H13F2NO/c17-14-7-6-11(8-15(14)18)19-16(20)13-9-12(13)10-4-2-1-3-5-10/h1-8,12-13H,9H2,(H,19,20)/t12-,13-/m1/s1. The van der Waals surface area contributed by atoms with Gasteiger partial charge in [-0.05, 0) is 30.0 Å². The number of carbonyl (C=O) groups excluding carboxylic acids is 1. The van der Waals surface area contributed by atoms with E-state index in [1.807, 2.05) is 30.3 Å². The molecular weight excluding hydrogens is 260 g/mol. The minimum absolute atomic E-state index is 0.0921. The monoisotopic (exact) mass is 273 g/mol. The van der Waals surface area contributed by atoms with Gasteiger partial charge in [-0.3, -0.25) is 4.79 Å². The maximum Gasteiger partial charge on any atom is 0.228 e. The van der Waals surface area contributed by atoms with Gasteiger partial charge >= 0.3 is 0 Å². The third-order valence-electron chi connectivity index (χ3n) is 3.54. The van der Waals surface area contributed by atoms with Crippen molar-refractivity contribution in [3.05, 3.63) is 65.7 Å². The van der Waals surface area contributed by atoms with E-state index in [1.165, 1.54) is 6.07 Å². The molecule has 3 rings (SSSR count). The second-order valence-corrected chi connectivity index (χ2v) is 4.98. The lowest BCUT2D eigenvalue weighted by molar-refractivity contribution is -0.117. The van der Waals surface area contributed by atoms with E-state index in [4.69, 9.17) is 0 Å². The van der Waals surface area contributed by atoms with Gasteiger partial charge in [0.05, 0.1) is 0 Å². The SMILES string of the molecule is O=C(Nc1ccc(F)c(F)c1)[C@@H]1C[C@@H]1c1ccccc1. The zero-order chi connectivity index (χ0) is 14.1. The summed E-state index contributed by atoms with van der Waals surface area (Å²) in [5.41, 5.74) is 1.42. The van der Waals surface area contributed by atoms with Crippen LogP contribution in [0.5, 0.6) is 0 Å². The van der Waals surface area contributed by atoms with E-state index in [9.17, 15) is 13.6 Å². The Hall–Kier alpha value is -2.23. The van der Waals surface area contributed by atoms with Gasteiger partial charge in [0.2, 0.25) is 5.91 Å². The number of halogens is 2. The van der Waals surface area contributed by atoms with Crippen molar-refractivity contribution in [1.82, 2.24) is 0 Å². The summed E-state index contributed by atoms with van der Waals surface area (Å²) < 4.78 is 25.9. The van der Waals surface area contributed by atoms with Crippen LogP contribution >= 0.6 is 0 Å². The molecule has 2 aromatic rings. The molecule has 1 aliphatic carbocycles. The first-order chi connectivity index (χ1) is 9.65. The van der Waals surface area contributed by atoms with Crippen LogP contribution in [0.2, 0.25) is 0 Å². The van der Waals surface area contributed by atoms with Gasteiger partial charge < -0.3 is 5.32 Å². The summed E-state index contributed by atoms with van der Waals surface area (Å²) in [4.78, 5) is 12.0. The van der Waals surface area contributed by atoms with Crippen molar-refractivity contribution in [3.63, 3.8) is 0 Å². The van der Waals surface area contributed by atoms with Crippen LogP contribution in [-0.4, -0.2) is 5.91 Å². The first kappa shape index (κ1) is 12.8. The molecule has 1 aliphatic rings. The van der Waals surface area contributed by atoms with Gasteiger partial charge in [-0.1, -0.05) is 30.3 Å². The van der Waals surface area contributed by atoms with Gasteiger partial charge in [0.25, 0.3) is 0 Å². The van der Waals surface area contributed by atoms with Crippen LogP contribution in [0.25, 0.3) is 0 Å². The van der Waals surface area contributed by atoms with E-state index in [0.717, 1.165) is 24.1 Å². The summed E-state index contributed by atoms with van der Waals surface area (Å²) in [6.07, 6.45) is 0.791. The number of carbonyl (C=O) groups is 1. The molecule has 1 amide bonds. The Morgan fingerprint density at radius 1 is 1.05 bits per heavy atom. The highest BCUT2D eigenvalue weighted by atomic mass is 19.2. The third-order valence-corrected chi connectivity index (χ3v) is 3.54. The molecule has 1 fully saturated rings. The van der Waals surface area contributed by atoms with Crippen molar-refractivity contribution in [2.75, 3.05) is 5.32 Å². The Kier molecular flexibility index (Phi) is 3.22. The predicted octanol–water partition coefficient (Wildman–Crippen LogP) is 3.71. The second kappa shape index (κ2) is 5.04. The molecular formula is C16H13F2NO. The quantitative estimate of drug-likeness (QED) is 0.907. The number of nitrogens with one attached hydrogen (secondary N) is 1. The van der Waals surface area contributed by atoms with Crippen molar-refractivity contribution in [2.45, 2.75) is 12.3 Å². The Morgan fingerprint density at radius 3 is 2.50 bits per heavy atom. The predicted molar refractivity (Wildman–Crippen MR) is 72.3 cm³/mol. The number of benzene rings is 2. The average molecular weight is 273 g/mol. The van der Waals surface area contributed by atoms with E-state index in [-0.39, 0.29) is 23.4 Å². The van der Waals surface area contributed by atoms with E-state index in [0.29, 0.717) is 0 Å². The van der Waals surface area contributed by atoms with Crippen LogP contribution in [0.15, 0.2) is 48.5 Å². The molecule has 0 radical (unpaired) electrons. The molecule has 102 valence electrons. The second-order valence-electron chi connectivity index (χ2n) is 4.98. The number of amides is 1. The van der Waals surface area contributed by atoms with Gasteiger partial charge in [-0.15, -0.1) is 0 Å². The molecule has 0 aromatic heterocycles. The molecule has 0 aliphatic heterocycles. The molecule has 4 heteroatoms. The van der Waals surface area contributed by atoms with Crippen LogP contribution < -0.4 is 5.32 Å². The number of hydrogen-bond acceptors (Lipinski definition) is 1. The van der Waals surface area contributed by atoms with Gasteiger partial charge in [-0.25, -0.2) is 8.78 Å². The summed E-state index contributed by atoms with van der Waals surface area (Å²) in [5, 5.41) is 2.63. The molecule has 20 heavy (non-hydrogen) atoms. The molecule has 2 atom stereocenters. The molecule has 0 spiro atoms. The first-order valence-electron chi connectivity index (χ1n) is 6.46. The van der Waals surface area contributed by atoms with Crippen molar-refractivity contribution < 1.29 is 13.6 Å². The van der Waals surface area contributed by atoms with Crippen LogP contribution in [0.3, 0.4) is 0 Å². The Labute approximate surface area is 115 Å². The van der Waals surface area contributed by atoms with Crippen LogP contribution in [0.1, 0.15) is 17.9 Å². The van der Waals surface area contributed by atoms with Gasteiger partial charge in [0.15, 0.2) is 11.6 Å². The van der Waals surface area contributed by atoms with Crippen LogP contribution in [0.4, 0.5) is 14.5 Å². The highest BCUT2D eigenvalue weighted by Gasteiger charge is 2.43. The summed E-state index contributed by atoms with van der Waals surface area (Å²) in [7, 11) is 0. The van der Waals surface area contributed by atoms with Crippen LogP contribution in [0, 0.1) is 17.6 Å². The fourth-order valence-electron chi connectivity index (χ4n) is 2.36. The molecule has 0 heterocycles. The van der Waals surface area contributed by atoms with E-state index in [1.54, 1.807) is 0 Å². The van der Waals surface area contributed by atoms with Crippen molar-refractivity contribution in [3.8, 4) is 0 Å². The minimum Gasteiger partial charge on any atom is -0.326 e. The number of anilines is 1. The molecule has 0 bridgehead atoms. The highest BCUT2D eigenvalue weighted by Crippen LogP contribution is 2.47. The highest BCUT2D eigenvalue weighted by molar-refractivity contribution is 5.95. The maximum atomic E-state index is 13.1. The summed E-state index contributed by atoms with van der Waals surface area (Å²) in [6, 6.07) is 13.2. The Balaban J connectivity index is 1.65. The molecule has 0 unspecified atom stereocenters. The van der Waals surface area contributed by atoms with E-state index < -0.39 is 11.6 Å². The van der Waals surface area contributed by atoms with E-state index in [2.05, 4.69) is 5.32 Å². The average Bonchev–Trinajstić information content (AvgIpc) is 3.24. The number of rotatable bonds is 3. The summed E-state index contributed by atoms with van der Waals surface area (Å²) in [5.74, 6) is -1.90. The zero-order valence-electron chi connectivity index (χ0n) is 10.6. The molecule has 0 saturated heterocycles. The largest absolute Gasteiger partial charge is 0.326 e. The Morgan fingerprint density at radius 2 is 1.80 bits per heavy atom.